The number of hydrogen-bond acceptors (Lipinski definition) is 3. The maximum absolute atomic E-state index is 12.4. The van der Waals surface area contributed by atoms with E-state index in [0.717, 1.165) is 5.56 Å². The van der Waals surface area contributed by atoms with Gasteiger partial charge in [0.25, 0.3) is 11.9 Å². The van der Waals surface area contributed by atoms with Gasteiger partial charge in [0.2, 0.25) is 0 Å². The summed E-state index contributed by atoms with van der Waals surface area (Å²) in [6, 6.07) is 10.1. The van der Waals surface area contributed by atoms with E-state index in [9.17, 15) is 4.79 Å². The van der Waals surface area contributed by atoms with Crippen LogP contribution in [0.3, 0.4) is 0 Å². The van der Waals surface area contributed by atoms with E-state index in [4.69, 9.17) is 33.7 Å². The van der Waals surface area contributed by atoms with Crippen LogP contribution in [0.4, 0.5) is 5.69 Å². The average Bonchev–Trinajstić information content (AvgIpc) is 2.92. The number of nitrogens with one attached hydrogen (secondary N) is 1. The molecule has 1 aliphatic heterocycles. The van der Waals surface area contributed by atoms with Gasteiger partial charge in [-0.2, -0.15) is 0 Å². The molecule has 3 rings (SSSR count). The van der Waals surface area contributed by atoms with Crippen molar-refractivity contribution >= 4 is 52.5 Å². The zero-order valence-corrected chi connectivity index (χ0v) is 15.6. The van der Waals surface area contributed by atoms with Crippen LogP contribution in [0.25, 0.3) is 11.6 Å². The Morgan fingerprint density at radius 2 is 1.93 bits per heavy atom. The number of nitrogens with two attached hydrogens (primary N) is 1. The number of ether oxygens (including phenoxy) is 1. The number of benzene rings is 2. The van der Waals surface area contributed by atoms with Crippen molar-refractivity contribution in [3.8, 4) is 5.75 Å². The lowest BCUT2D eigenvalue weighted by molar-refractivity contribution is -0.110. The standard InChI is InChI=1S/C20H15Cl2N3O2/c1-2-3-8-24-20(23)27-18-7-5-13(21)9-12(18)10-16-15-6-4-14(22)11-17(15)25-19(16)26/h2-11H,1H2,(H2,23,24)(H,25,26)/b8-3-,16-10+. The first-order chi connectivity index (χ1) is 13.0. The van der Waals surface area contributed by atoms with Crippen molar-refractivity contribution in [2.45, 2.75) is 0 Å². The third kappa shape index (κ3) is 4.39. The molecule has 1 amide bonds. The van der Waals surface area contributed by atoms with Gasteiger partial charge in [0.05, 0.1) is 5.69 Å². The number of carbonyl (C=O) groups is 1. The molecular formula is C20H15Cl2N3O2. The number of amidine groups is 1. The Kier molecular flexibility index (Phi) is 5.64. The molecule has 1 heterocycles. The highest BCUT2D eigenvalue weighted by Gasteiger charge is 2.24. The van der Waals surface area contributed by atoms with Gasteiger partial charge in [0, 0.05) is 32.9 Å². The number of carbonyl (C=O) groups excluding carboxylic acids is 1. The number of amides is 1. The van der Waals surface area contributed by atoms with Crippen molar-refractivity contribution in [2.24, 2.45) is 10.7 Å². The second-order valence-electron chi connectivity index (χ2n) is 5.53. The number of rotatable bonds is 4. The first kappa shape index (κ1) is 18.8. The summed E-state index contributed by atoms with van der Waals surface area (Å²) in [6.07, 6.45) is 6.33. The Morgan fingerprint density at radius 1 is 1.19 bits per heavy atom. The molecule has 2 aromatic carbocycles. The van der Waals surface area contributed by atoms with E-state index in [0.29, 0.717) is 32.6 Å². The molecule has 0 bridgehead atoms. The molecule has 0 radical (unpaired) electrons. The van der Waals surface area contributed by atoms with Crippen LogP contribution in [0, 0.1) is 0 Å². The topological polar surface area (TPSA) is 76.7 Å². The monoisotopic (exact) mass is 399 g/mol. The van der Waals surface area contributed by atoms with E-state index in [1.54, 1.807) is 54.6 Å². The summed E-state index contributed by atoms with van der Waals surface area (Å²) in [5.74, 6) is 0.170. The lowest BCUT2D eigenvalue weighted by Crippen LogP contribution is -2.19. The highest BCUT2D eigenvalue weighted by Crippen LogP contribution is 2.36. The van der Waals surface area contributed by atoms with Gasteiger partial charge in [-0.25, -0.2) is 4.99 Å². The van der Waals surface area contributed by atoms with Gasteiger partial charge >= 0.3 is 0 Å². The number of fused-ring (bicyclic) bond motifs is 1. The second kappa shape index (κ2) is 8.12. The second-order valence-corrected chi connectivity index (χ2v) is 6.40. The molecule has 7 heteroatoms. The Labute approximate surface area is 166 Å². The fourth-order valence-corrected chi connectivity index (χ4v) is 2.86. The van der Waals surface area contributed by atoms with Crippen molar-refractivity contribution in [3.63, 3.8) is 0 Å². The molecule has 2 aromatic rings. The number of allylic oxidation sites excluding steroid dienone is 2. The quantitative estimate of drug-likeness (QED) is 0.332. The van der Waals surface area contributed by atoms with Crippen LogP contribution in [-0.2, 0) is 4.79 Å². The Hall–Kier alpha value is -3.02. The molecule has 0 saturated carbocycles. The molecule has 0 spiro atoms. The maximum atomic E-state index is 12.4. The van der Waals surface area contributed by atoms with Gasteiger partial charge in [-0.3, -0.25) is 4.79 Å². The van der Waals surface area contributed by atoms with Crippen LogP contribution < -0.4 is 15.8 Å². The highest BCUT2D eigenvalue weighted by molar-refractivity contribution is 6.37. The summed E-state index contributed by atoms with van der Waals surface area (Å²) in [5, 5.41) is 3.82. The van der Waals surface area contributed by atoms with Crippen LogP contribution in [0.15, 0.2) is 66.3 Å². The van der Waals surface area contributed by atoms with Crippen LogP contribution in [0.2, 0.25) is 10.0 Å². The smallest absolute Gasteiger partial charge is 0.292 e. The molecule has 1 aliphatic rings. The Bertz CT molecular complexity index is 1010. The molecule has 0 aliphatic carbocycles. The molecule has 3 N–H and O–H groups in total. The summed E-state index contributed by atoms with van der Waals surface area (Å²) < 4.78 is 5.59. The van der Waals surface area contributed by atoms with Crippen LogP contribution in [-0.4, -0.2) is 11.9 Å². The lowest BCUT2D eigenvalue weighted by Gasteiger charge is -2.09. The first-order valence-corrected chi connectivity index (χ1v) is 8.65. The minimum atomic E-state index is -0.242. The normalized spacial score (nSPS) is 15.1. The molecule has 0 fully saturated rings. The van der Waals surface area contributed by atoms with Crippen LogP contribution in [0.5, 0.6) is 5.75 Å². The Balaban J connectivity index is 2.00. The number of nitrogens with zero attached hydrogens (tertiary/aromatic N) is 1. The van der Waals surface area contributed by atoms with Crippen molar-refractivity contribution in [3.05, 3.63) is 82.5 Å². The summed E-state index contributed by atoms with van der Waals surface area (Å²) in [5.41, 5.74) is 8.22. The van der Waals surface area contributed by atoms with Gasteiger partial charge in [0.1, 0.15) is 5.75 Å². The third-order valence-electron chi connectivity index (χ3n) is 3.67. The van der Waals surface area contributed by atoms with E-state index in [1.807, 2.05) is 0 Å². The van der Waals surface area contributed by atoms with E-state index in [1.165, 1.54) is 6.20 Å². The van der Waals surface area contributed by atoms with Gasteiger partial charge in [-0.15, -0.1) is 0 Å². The lowest BCUT2D eigenvalue weighted by atomic mass is 10.0. The van der Waals surface area contributed by atoms with E-state index >= 15 is 0 Å². The summed E-state index contributed by atoms with van der Waals surface area (Å²) in [4.78, 5) is 16.3. The molecule has 0 atom stereocenters. The number of hydrogen-bond donors (Lipinski definition) is 2. The van der Waals surface area contributed by atoms with Crippen molar-refractivity contribution < 1.29 is 9.53 Å². The molecule has 27 heavy (non-hydrogen) atoms. The third-order valence-corrected chi connectivity index (χ3v) is 4.14. The van der Waals surface area contributed by atoms with Crippen molar-refractivity contribution in [2.75, 3.05) is 5.32 Å². The van der Waals surface area contributed by atoms with Gasteiger partial charge < -0.3 is 15.8 Å². The molecule has 5 nitrogen and oxygen atoms in total. The number of aliphatic imine (C=N–C) groups is 1. The van der Waals surface area contributed by atoms with Crippen LogP contribution >= 0.6 is 23.2 Å². The van der Waals surface area contributed by atoms with E-state index < -0.39 is 0 Å². The van der Waals surface area contributed by atoms with E-state index in [2.05, 4.69) is 16.9 Å². The van der Waals surface area contributed by atoms with Gasteiger partial charge in [0.15, 0.2) is 0 Å². The van der Waals surface area contributed by atoms with E-state index in [-0.39, 0.29) is 11.9 Å². The van der Waals surface area contributed by atoms with Gasteiger partial charge in [-0.1, -0.05) is 41.9 Å². The fourth-order valence-electron chi connectivity index (χ4n) is 2.51. The maximum Gasteiger partial charge on any atom is 0.292 e. The Morgan fingerprint density at radius 3 is 2.70 bits per heavy atom. The molecule has 136 valence electrons. The zero-order valence-electron chi connectivity index (χ0n) is 14.1. The molecular weight excluding hydrogens is 385 g/mol. The molecule has 0 unspecified atom stereocenters. The number of anilines is 1. The highest BCUT2D eigenvalue weighted by atomic mass is 35.5. The minimum Gasteiger partial charge on any atom is -0.425 e. The predicted octanol–water partition coefficient (Wildman–Crippen LogP) is 4.88. The average molecular weight is 400 g/mol. The largest absolute Gasteiger partial charge is 0.425 e. The first-order valence-electron chi connectivity index (χ1n) is 7.89. The van der Waals surface area contributed by atoms with Crippen molar-refractivity contribution in [1.29, 1.82) is 0 Å². The molecule has 0 aromatic heterocycles. The van der Waals surface area contributed by atoms with Crippen molar-refractivity contribution in [1.82, 2.24) is 0 Å². The molecule has 0 saturated heterocycles. The van der Waals surface area contributed by atoms with Gasteiger partial charge in [-0.05, 0) is 42.5 Å². The SMILES string of the molecule is C=C/C=C\N=C(/N)Oc1ccc(Cl)cc1/C=C1/C(=O)Nc2cc(Cl)ccc21. The summed E-state index contributed by atoms with van der Waals surface area (Å²) in [6.45, 7) is 3.55. The fraction of sp³-hybridized carbons (Fsp3) is 0. The van der Waals surface area contributed by atoms with Crippen LogP contribution in [0.1, 0.15) is 11.1 Å². The predicted molar refractivity (Wildman–Crippen MR) is 111 cm³/mol. The number of halogens is 2. The summed E-state index contributed by atoms with van der Waals surface area (Å²) >= 11 is 12.1. The summed E-state index contributed by atoms with van der Waals surface area (Å²) in [7, 11) is 0. The minimum absolute atomic E-state index is 0.0573. The zero-order chi connectivity index (χ0) is 19.4.